The van der Waals surface area contributed by atoms with Crippen LogP contribution in [-0.2, 0) is 16.1 Å². The monoisotopic (exact) mass is 595 g/mol. The summed E-state index contributed by atoms with van der Waals surface area (Å²) >= 11 is 15.9. The number of methoxy groups -OCH3 is 1. The van der Waals surface area contributed by atoms with E-state index in [4.69, 9.17) is 37.4 Å². The second kappa shape index (κ2) is 11.5. The number of allylic oxidation sites excluding steroid dienone is 1. The van der Waals surface area contributed by atoms with Crippen molar-refractivity contribution in [3.63, 3.8) is 0 Å². The van der Waals surface area contributed by atoms with Crippen molar-refractivity contribution >= 4 is 51.0 Å². The second-order valence-corrected chi connectivity index (χ2v) is 9.76. The highest BCUT2D eigenvalue weighted by Crippen LogP contribution is 2.43. The number of rotatable bonds is 9. The van der Waals surface area contributed by atoms with Gasteiger partial charge in [-0.25, -0.2) is 4.79 Å². The highest BCUT2D eigenvalue weighted by molar-refractivity contribution is 9.10. The molecule has 2 heterocycles. The molecule has 36 heavy (non-hydrogen) atoms. The number of halogens is 3. The van der Waals surface area contributed by atoms with Gasteiger partial charge in [-0.1, -0.05) is 47.7 Å². The molecule has 3 aromatic rings. The van der Waals surface area contributed by atoms with E-state index >= 15 is 0 Å². The molecule has 1 aliphatic rings. The number of nitrogens with zero attached hydrogens (tertiary/aromatic N) is 4. The van der Waals surface area contributed by atoms with E-state index in [0.29, 0.717) is 55.4 Å². The van der Waals surface area contributed by atoms with E-state index in [0.717, 1.165) is 18.4 Å². The summed E-state index contributed by atoms with van der Waals surface area (Å²) in [7, 11) is 1.54. The van der Waals surface area contributed by atoms with Gasteiger partial charge in [-0.15, -0.1) is 0 Å². The smallest absolute Gasteiger partial charge is 0.338 e. The largest absolute Gasteiger partial charge is 0.493 e. The van der Waals surface area contributed by atoms with Gasteiger partial charge in [0.05, 0.1) is 23.8 Å². The number of carbonyl (C=O) groups excluding carboxylic acids is 1. The summed E-state index contributed by atoms with van der Waals surface area (Å²) in [5, 5.41) is 16.0. The quantitative estimate of drug-likeness (QED) is 0.238. The zero-order valence-electron chi connectivity index (χ0n) is 19.8. The van der Waals surface area contributed by atoms with E-state index in [9.17, 15) is 4.79 Å². The predicted octanol–water partition coefficient (Wildman–Crippen LogP) is 5.96. The summed E-state index contributed by atoms with van der Waals surface area (Å²) < 4.78 is 19.4. The Morgan fingerprint density at radius 2 is 2.06 bits per heavy atom. The number of nitrogens with one attached hydrogen (secondary N) is 1. The molecule has 0 fully saturated rings. The van der Waals surface area contributed by atoms with E-state index < -0.39 is 12.0 Å². The van der Waals surface area contributed by atoms with Gasteiger partial charge in [-0.05, 0) is 69.5 Å². The maximum Gasteiger partial charge on any atom is 0.338 e. The lowest BCUT2D eigenvalue weighted by Gasteiger charge is -2.28. The van der Waals surface area contributed by atoms with Gasteiger partial charge >= 0.3 is 5.97 Å². The average molecular weight is 597 g/mol. The number of unbranched alkanes of at least 4 members (excludes halogenated alkanes) is 1. The average Bonchev–Trinajstić information content (AvgIpc) is 3.31. The summed E-state index contributed by atoms with van der Waals surface area (Å²) in [5.74, 6) is 0.905. The molecule has 1 N–H and O–H groups in total. The lowest BCUT2D eigenvalue weighted by Crippen LogP contribution is -2.30. The summed E-state index contributed by atoms with van der Waals surface area (Å²) in [6, 6.07) is 8.20. The minimum absolute atomic E-state index is 0.197. The first-order valence-corrected chi connectivity index (χ1v) is 12.8. The molecule has 2 aromatic carbocycles. The molecule has 1 aromatic heterocycles. The summed E-state index contributed by atoms with van der Waals surface area (Å²) in [6.07, 6.45) is 1.69. The fraction of sp³-hybridized carbons (Fsp3) is 0.333. The van der Waals surface area contributed by atoms with Gasteiger partial charge in [0, 0.05) is 21.3 Å². The number of anilines is 1. The van der Waals surface area contributed by atoms with Crippen molar-refractivity contribution in [2.24, 2.45) is 0 Å². The Morgan fingerprint density at radius 1 is 1.25 bits per heavy atom. The Hall–Kier alpha value is -2.82. The Labute approximate surface area is 226 Å². The van der Waals surface area contributed by atoms with E-state index in [1.807, 2.05) is 13.0 Å². The first-order chi connectivity index (χ1) is 17.3. The van der Waals surface area contributed by atoms with Gasteiger partial charge in [0.25, 0.3) is 0 Å². The van der Waals surface area contributed by atoms with Crippen molar-refractivity contribution < 1.29 is 19.0 Å². The van der Waals surface area contributed by atoms with E-state index in [1.165, 1.54) is 0 Å². The standard InChI is InChI=1S/C24H24BrCl2N5O4/c1-4-5-8-35-23(33)20-13(2)28-24-29-30-31-32(24)21(20)15-9-17(25)22(19(10-15)34-3)36-12-14-6-7-16(26)11-18(14)27/h6-7,9-11,21H,4-5,8,12H2,1-3H3,(H,28,29,31). The molecule has 0 radical (unpaired) electrons. The molecule has 1 atom stereocenters. The van der Waals surface area contributed by atoms with Gasteiger partial charge in [-0.2, -0.15) is 4.68 Å². The van der Waals surface area contributed by atoms with Crippen molar-refractivity contribution in [2.45, 2.75) is 39.3 Å². The molecule has 0 amide bonds. The lowest BCUT2D eigenvalue weighted by atomic mass is 9.95. The third-order valence-corrected chi connectivity index (χ3v) is 6.80. The first-order valence-electron chi connectivity index (χ1n) is 11.2. The number of carbonyl (C=O) groups is 1. The number of ether oxygens (including phenoxy) is 3. The van der Waals surface area contributed by atoms with Crippen molar-refractivity contribution in [3.8, 4) is 11.5 Å². The molecule has 12 heteroatoms. The van der Waals surface area contributed by atoms with Crippen LogP contribution < -0.4 is 14.8 Å². The minimum atomic E-state index is -0.643. The summed E-state index contributed by atoms with van der Waals surface area (Å²) in [5.41, 5.74) is 2.48. The van der Waals surface area contributed by atoms with Crippen molar-refractivity contribution in [1.82, 2.24) is 20.2 Å². The third-order valence-electron chi connectivity index (χ3n) is 5.62. The highest BCUT2D eigenvalue weighted by atomic mass is 79.9. The number of fused-ring (bicyclic) bond motifs is 1. The Balaban J connectivity index is 1.69. The molecule has 0 aliphatic carbocycles. The molecule has 190 valence electrons. The molecule has 4 rings (SSSR count). The Morgan fingerprint density at radius 3 is 2.78 bits per heavy atom. The summed E-state index contributed by atoms with van der Waals surface area (Å²) in [4.78, 5) is 13.1. The molecule has 1 unspecified atom stereocenters. The zero-order chi connectivity index (χ0) is 25.8. The van der Waals surface area contributed by atoms with Crippen LogP contribution in [0.5, 0.6) is 11.5 Å². The van der Waals surface area contributed by atoms with Crippen LogP contribution in [0.1, 0.15) is 43.9 Å². The Bertz CT molecular complexity index is 1310. The van der Waals surface area contributed by atoms with Crippen LogP contribution in [0, 0.1) is 0 Å². The topological polar surface area (TPSA) is 100 Å². The van der Waals surface area contributed by atoms with Gasteiger partial charge < -0.3 is 19.5 Å². The van der Waals surface area contributed by atoms with Gasteiger partial charge in [0.15, 0.2) is 11.5 Å². The van der Waals surface area contributed by atoms with Gasteiger partial charge in [0.1, 0.15) is 12.6 Å². The van der Waals surface area contributed by atoms with Crippen molar-refractivity contribution in [2.75, 3.05) is 19.0 Å². The Kier molecular flexibility index (Phi) is 8.38. The van der Waals surface area contributed by atoms with Crippen LogP contribution in [0.25, 0.3) is 0 Å². The molecule has 0 saturated carbocycles. The van der Waals surface area contributed by atoms with Crippen LogP contribution in [0.15, 0.2) is 46.1 Å². The fourth-order valence-electron chi connectivity index (χ4n) is 3.80. The number of hydrogen-bond donors (Lipinski definition) is 1. The van der Waals surface area contributed by atoms with Gasteiger partial charge in [0.2, 0.25) is 5.95 Å². The number of hydrogen-bond acceptors (Lipinski definition) is 8. The molecule has 0 bridgehead atoms. The van der Waals surface area contributed by atoms with Crippen LogP contribution in [0.3, 0.4) is 0 Å². The molecule has 0 spiro atoms. The number of tetrazole rings is 1. The first kappa shape index (κ1) is 26.2. The van der Waals surface area contributed by atoms with Crippen LogP contribution in [0.4, 0.5) is 5.95 Å². The molecular weight excluding hydrogens is 573 g/mol. The summed E-state index contributed by atoms with van der Waals surface area (Å²) in [6.45, 7) is 4.35. The number of benzene rings is 2. The molecule has 9 nitrogen and oxygen atoms in total. The SMILES string of the molecule is CCCCOC(=O)C1=C(C)Nc2nnnn2C1c1cc(Br)c(OCc2ccc(Cl)cc2Cl)c(OC)c1. The van der Waals surface area contributed by atoms with Crippen molar-refractivity contribution in [3.05, 3.63) is 67.2 Å². The molecule has 1 aliphatic heterocycles. The molecular formula is C24H24BrCl2N5O4. The van der Waals surface area contributed by atoms with E-state index in [-0.39, 0.29) is 6.61 Å². The van der Waals surface area contributed by atoms with Gasteiger partial charge in [-0.3, -0.25) is 0 Å². The maximum absolute atomic E-state index is 13.1. The fourth-order valence-corrected chi connectivity index (χ4v) is 4.84. The van der Waals surface area contributed by atoms with E-state index in [1.54, 1.807) is 43.0 Å². The maximum atomic E-state index is 13.1. The van der Waals surface area contributed by atoms with Crippen molar-refractivity contribution in [1.29, 1.82) is 0 Å². The third kappa shape index (κ3) is 5.45. The molecule has 0 saturated heterocycles. The number of esters is 1. The van der Waals surface area contributed by atoms with E-state index in [2.05, 4.69) is 36.8 Å². The number of aromatic nitrogens is 4. The van der Waals surface area contributed by atoms with Crippen LogP contribution >= 0.6 is 39.1 Å². The van der Waals surface area contributed by atoms with Crippen LogP contribution in [-0.4, -0.2) is 39.9 Å². The highest BCUT2D eigenvalue weighted by Gasteiger charge is 2.36. The van der Waals surface area contributed by atoms with Crippen LogP contribution in [0.2, 0.25) is 10.0 Å². The predicted molar refractivity (Wildman–Crippen MR) is 140 cm³/mol. The zero-order valence-corrected chi connectivity index (χ0v) is 22.9. The lowest BCUT2D eigenvalue weighted by molar-refractivity contribution is -0.139. The minimum Gasteiger partial charge on any atom is -0.493 e. The second-order valence-electron chi connectivity index (χ2n) is 8.06. The normalized spacial score (nSPS) is 14.8.